The fourth-order valence-electron chi connectivity index (χ4n) is 0.323. The van der Waals surface area contributed by atoms with Gasteiger partial charge < -0.3 is 0 Å². The summed E-state index contributed by atoms with van der Waals surface area (Å²) in [5.74, 6) is 0. The Morgan fingerprint density at radius 3 is 2.67 bits per heavy atom. The van der Waals surface area contributed by atoms with Crippen molar-refractivity contribution in [1.82, 2.24) is 5.06 Å². The minimum atomic E-state index is 1.62. The highest BCUT2D eigenvalue weighted by Gasteiger charge is 1.93. The summed E-state index contributed by atoms with van der Waals surface area (Å²) in [6, 6.07) is 0. The summed E-state index contributed by atoms with van der Waals surface area (Å²) >= 11 is 0. The van der Waals surface area contributed by atoms with E-state index in [9.17, 15) is 0 Å². The molecule has 1 aliphatic rings. The molecule has 1 aliphatic heterocycles. The van der Waals surface area contributed by atoms with Gasteiger partial charge in [0.05, 0.1) is 0 Å². The second-order valence-corrected chi connectivity index (χ2v) is 1.13. The van der Waals surface area contributed by atoms with Crippen molar-refractivity contribution < 1.29 is 4.84 Å². The molecule has 1 rings (SSSR count). The van der Waals surface area contributed by atoms with E-state index >= 15 is 0 Å². The van der Waals surface area contributed by atoms with Gasteiger partial charge in [0.15, 0.2) is 0 Å². The quantitative estimate of drug-likeness (QED) is 0.424. The lowest BCUT2D eigenvalue weighted by molar-refractivity contribution is -0.0356. The van der Waals surface area contributed by atoms with E-state index in [-0.39, 0.29) is 0 Å². The van der Waals surface area contributed by atoms with Crippen molar-refractivity contribution in [3.63, 3.8) is 0 Å². The van der Waals surface area contributed by atoms with Crippen LogP contribution in [0.2, 0.25) is 0 Å². The SMILES string of the molecule is CN1C=C[CH]O1. The van der Waals surface area contributed by atoms with E-state index in [2.05, 4.69) is 0 Å². The van der Waals surface area contributed by atoms with Crippen LogP contribution in [0, 0.1) is 6.61 Å². The molecule has 0 spiro atoms. The number of rotatable bonds is 0. The molecule has 0 aliphatic carbocycles. The van der Waals surface area contributed by atoms with Gasteiger partial charge in [0.2, 0.25) is 0 Å². The maximum atomic E-state index is 4.75. The minimum Gasteiger partial charge on any atom is -0.264 e. The van der Waals surface area contributed by atoms with Gasteiger partial charge >= 0.3 is 0 Å². The highest BCUT2D eigenvalue weighted by molar-refractivity contribution is 4.90. The number of hydrogen-bond donors (Lipinski definition) is 0. The molecule has 2 nitrogen and oxygen atoms in total. The number of hydroxylamine groups is 2. The van der Waals surface area contributed by atoms with Gasteiger partial charge in [-0.15, -0.1) is 0 Å². The van der Waals surface area contributed by atoms with Gasteiger partial charge in [0.25, 0.3) is 0 Å². The molecule has 0 aromatic carbocycles. The van der Waals surface area contributed by atoms with E-state index in [0.717, 1.165) is 0 Å². The molecule has 1 radical (unpaired) electrons. The molecule has 0 aromatic heterocycles. The molecule has 0 atom stereocenters. The van der Waals surface area contributed by atoms with Crippen molar-refractivity contribution in [2.75, 3.05) is 7.05 Å². The highest BCUT2D eigenvalue weighted by atomic mass is 16.7. The van der Waals surface area contributed by atoms with Crippen molar-refractivity contribution >= 4 is 0 Å². The normalized spacial score (nSPS) is 19.8. The molecule has 0 aromatic rings. The molecule has 0 N–H and O–H groups in total. The van der Waals surface area contributed by atoms with Crippen LogP contribution in [-0.2, 0) is 4.84 Å². The van der Waals surface area contributed by atoms with Crippen LogP contribution in [0.4, 0.5) is 0 Å². The summed E-state index contributed by atoms with van der Waals surface area (Å²) in [5.41, 5.74) is 0. The molecule has 0 bridgehead atoms. The fraction of sp³-hybridized carbons (Fsp3) is 0.250. The smallest absolute Gasteiger partial charge is 0.138 e. The lowest BCUT2D eigenvalue weighted by Crippen LogP contribution is -2.01. The van der Waals surface area contributed by atoms with E-state index in [1.165, 1.54) is 0 Å². The molecule has 2 heteroatoms. The monoisotopic (exact) mass is 84.0 g/mol. The zero-order valence-corrected chi connectivity index (χ0v) is 3.59. The maximum absolute atomic E-state index is 4.75. The van der Waals surface area contributed by atoms with Crippen molar-refractivity contribution in [3.05, 3.63) is 18.9 Å². The molecule has 0 amide bonds. The van der Waals surface area contributed by atoms with Crippen LogP contribution >= 0.6 is 0 Å². The van der Waals surface area contributed by atoms with Crippen LogP contribution in [0.1, 0.15) is 0 Å². The van der Waals surface area contributed by atoms with Crippen molar-refractivity contribution in [2.24, 2.45) is 0 Å². The van der Waals surface area contributed by atoms with Gasteiger partial charge in [0.1, 0.15) is 6.61 Å². The molecule has 0 saturated carbocycles. The first kappa shape index (κ1) is 3.68. The average molecular weight is 84.1 g/mol. The van der Waals surface area contributed by atoms with E-state index in [1.807, 2.05) is 19.3 Å². The summed E-state index contributed by atoms with van der Waals surface area (Å²) in [4.78, 5) is 4.75. The standard InChI is InChI=1S/C4H6NO/c1-5-3-2-4-6-5/h2-4H,1H3. The van der Waals surface area contributed by atoms with E-state index in [4.69, 9.17) is 4.84 Å². The Balaban J connectivity index is 2.38. The summed E-state index contributed by atoms with van der Waals surface area (Å²) in [6.45, 7) is 1.62. The summed E-state index contributed by atoms with van der Waals surface area (Å²) < 4.78 is 0. The zero-order chi connectivity index (χ0) is 4.41. The van der Waals surface area contributed by atoms with Gasteiger partial charge in [-0.05, 0) is 6.08 Å². The van der Waals surface area contributed by atoms with E-state index < -0.39 is 0 Å². The molecular weight excluding hydrogens is 78.0 g/mol. The summed E-state index contributed by atoms with van der Waals surface area (Å²) in [6.07, 6.45) is 3.67. The second kappa shape index (κ2) is 1.30. The fourth-order valence-corrected chi connectivity index (χ4v) is 0.323. The van der Waals surface area contributed by atoms with Gasteiger partial charge in [-0.3, -0.25) is 9.90 Å². The lowest BCUT2D eigenvalue weighted by atomic mass is 10.7. The first-order valence-electron chi connectivity index (χ1n) is 1.79. The minimum absolute atomic E-state index is 1.62. The maximum Gasteiger partial charge on any atom is 0.138 e. The van der Waals surface area contributed by atoms with Gasteiger partial charge in [-0.2, -0.15) is 0 Å². The Morgan fingerprint density at radius 2 is 2.50 bits per heavy atom. The number of nitrogens with zero attached hydrogens (tertiary/aromatic N) is 1. The molecule has 33 valence electrons. The van der Waals surface area contributed by atoms with Gasteiger partial charge in [-0.25, -0.2) is 0 Å². The van der Waals surface area contributed by atoms with Gasteiger partial charge in [0, 0.05) is 13.2 Å². The van der Waals surface area contributed by atoms with Crippen LogP contribution in [-0.4, -0.2) is 12.1 Å². The molecule has 0 saturated heterocycles. The lowest BCUT2D eigenvalue weighted by Gasteiger charge is -2.02. The van der Waals surface area contributed by atoms with E-state index in [0.29, 0.717) is 0 Å². The first-order chi connectivity index (χ1) is 2.89. The third-order valence-corrected chi connectivity index (χ3v) is 0.602. The van der Waals surface area contributed by atoms with Crippen molar-refractivity contribution in [2.45, 2.75) is 0 Å². The summed E-state index contributed by atoms with van der Waals surface area (Å²) in [5, 5.41) is 1.62. The first-order valence-corrected chi connectivity index (χ1v) is 1.79. The molecule has 0 fully saturated rings. The Kier molecular flexibility index (Phi) is 0.801. The zero-order valence-electron chi connectivity index (χ0n) is 3.59. The number of hydrogen-bond acceptors (Lipinski definition) is 2. The Bertz CT molecular complexity index is 69.9. The van der Waals surface area contributed by atoms with Crippen LogP contribution in [0.15, 0.2) is 12.3 Å². The Morgan fingerprint density at radius 1 is 1.67 bits per heavy atom. The Labute approximate surface area is 37.0 Å². The predicted molar refractivity (Wildman–Crippen MR) is 22.3 cm³/mol. The predicted octanol–water partition coefficient (Wildman–Crippen LogP) is 0.539. The molecular formula is C4H6NO. The van der Waals surface area contributed by atoms with Crippen molar-refractivity contribution in [3.8, 4) is 0 Å². The van der Waals surface area contributed by atoms with Crippen LogP contribution < -0.4 is 0 Å². The third kappa shape index (κ3) is 0.518. The average Bonchev–Trinajstić information content (AvgIpc) is 1.86. The van der Waals surface area contributed by atoms with Crippen LogP contribution in [0.3, 0.4) is 0 Å². The topological polar surface area (TPSA) is 12.5 Å². The highest BCUT2D eigenvalue weighted by Crippen LogP contribution is 1.98. The second-order valence-electron chi connectivity index (χ2n) is 1.13. The van der Waals surface area contributed by atoms with Gasteiger partial charge in [-0.1, -0.05) is 0 Å². The third-order valence-electron chi connectivity index (χ3n) is 0.602. The summed E-state index contributed by atoms with van der Waals surface area (Å²) in [7, 11) is 1.83. The van der Waals surface area contributed by atoms with E-state index in [1.54, 1.807) is 11.7 Å². The Hall–Kier alpha value is -0.500. The van der Waals surface area contributed by atoms with Crippen LogP contribution in [0.5, 0.6) is 0 Å². The van der Waals surface area contributed by atoms with Crippen molar-refractivity contribution in [1.29, 1.82) is 0 Å². The largest absolute Gasteiger partial charge is 0.264 e. The van der Waals surface area contributed by atoms with Crippen LogP contribution in [0.25, 0.3) is 0 Å². The molecule has 0 unspecified atom stereocenters. The molecule has 6 heavy (non-hydrogen) atoms. The molecule has 1 heterocycles.